The van der Waals surface area contributed by atoms with Gasteiger partial charge in [0.15, 0.2) is 0 Å². The molecule has 25 heavy (non-hydrogen) atoms. The first-order valence-corrected chi connectivity index (χ1v) is 9.42. The topological polar surface area (TPSA) is 61.8 Å². The summed E-state index contributed by atoms with van der Waals surface area (Å²) in [6, 6.07) is 7.97. The number of carbonyl (C=O) groups excluding carboxylic acids is 1. The summed E-state index contributed by atoms with van der Waals surface area (Å²) < 4.78 is 5.79. The van der Waals surface area contributed by atoms with E-state index in [0.717, 1.165) is 24.9 Å². The van der Waals surface area contributed by atoms with E-state index in [2.05, 4.69) is 25.2 Å². The van der Waals surface area contributed by atoms with Gasteiger partial charge in [0.05, 0.1) is 12.2 Å². The highest BCUT2D eigenvalue weighted by molar-refractivity contribution is 5.89. The number of nitrogens with one attached hydrogen (secondary N) is 1. The molecule has 1 aliphatic heterocycles. The molecular formula is C20H30N2O3. The first-order chi connectivity index (χ1) is 12.0. The molecule has 138 valence electrons. The quantitative estimate of drug-likeness (QED) is 0.876. The number of hydrogen-bond acceptors (Lipinski definition) is 3. The largest absolute Gasteiger partial charge is 0.392 e. The van der Waals surface area contributed by atoms with Crippen LogP contribution in [0.25, 0.3) is 0 Å². The number of rotatable bonds is 4. The molecule has 0 radical (unpaired) electrons. The van der Waals surface area contributed by atoms with Crippen molar-refractivity contribution in [1.29, 1.82) is 0 Å². The van der Waals surface area contributed by atoms with Gasteiger partial charge in [-0.05, 0) is 43.4 Å². The zero-order valence-electron chi connectivity index (χ0n) is 15.5. The van der Waals surface area contributed by atoms with Crippen LogP contribution in [0.15, 0.2) is 24.3 Å². The zero-order chi connectivity index (χ0) is 18.0. The number of ether oxygens (including phenoxy) is 1. The Balaban J connectivity index is 1.58. The van der Waals surface area contributed by atoms with Crippen LogP contribution >= 0.6 is 0 Å². The van der Waals surface area contributed by atoms with Crippen molar-refractivity contribution < 1.29 is 14.6 Å². The van der Waals surface area contributed by atoms with E-state index in [0.29, 0.717) is 25.6 Å². The van der Waals surface area contributed by atoms with Crippen LogP contribution in [-0.4, -0.2) is 47.9 Å². The van der Waals surface area contributed by atoms with Crippen molar-refractivity contribution in [2.24, 2.45) is 5.41 Å². The molecule has 2 aliphatic rings. The van der Waals surface area contributed by atoms with Crippen LogP contribution in [0.3, 0.4) is 0 Å². The van der Waals surface area contributed by atoms with E-state index < -0.39 is 0 Å². The number of carbonyl (C=O) groups is 1. The van der Waals surface area contributed by atoms with Crippen molar-refractivity contribution in [2.75, 3.05) is 25.0 Å². The first kappa shape index (κ1) is 18.2. The van der Waals surface area contributed by atoms with Crippen LogP contribution < -0.4 is 5.32 Å². The lowest BCUT2D eigenvalue weighted by molar-refractivity contribution is -0.207. The fourth-order valence-corrected chi connectivity index (χ4v) is 4.12. The maximum absolute atomic E-state index is 12.6. The molecule has 2 fully saturated rings. The second-order valence-electron chi connectivity index (χ2n) is 7.63. The van der Waals surface area contributed by atoms with Gasteiger partial charge >= 0.3 is 6.03 Å². The molecular weight excluding hydrogens is 316 g/mol. The van der Waals surface area contributed by atoms with Gasteiger partial charge in [-0.1, -0.05) is 26.0 Å². The second kappa shape index (κ2) is 7.34. The summed E-state index contributed by atoms with van der Waals surface area (Å²) in [5, 5.41) is 13.3. The summed E-state index contributed by atoms with van der Waals surface area (Å²) >= 11 is 0. The minimum absolute atomic E-state index is 0.0578. The third-order valence-corrected chi connectivity index (χ3v) is 5.90. The standard InChI is InChI=1S/C20H30N2O3/c1-4-25-18-13-17(23)20(18)8-10-22(11-9-20)19(24)21-16-7-5-6-15(12-16)14(2)3/h5-7,12,14,17-18,23H,4,8-11,13H2,1-3H3,(H,21,24)/t17-,18-/m1/s1. The Hall–Kier alpha value is -1.59. The Morgan fingerprint density at radius 2 is 2.12 bits per heavy atom. The van der Waals surface area contributed by atoms with E-state index in [9.17, 15) is 9.90 Å². The number of aliphatic hydroxyl groups excluding tert-OH is 1. The number of anilines is 1. The van der Waals surface area contributed by atoms with Gasteiger partial charge in [-0.3, -0.25) is 0 Å². The lowest BCUT2D eigenvalue weighted by Crippen LogP contribution is -2.63. The summed E-state index contributed by atoms with van der Waals surface area (Å²) in [5.41, 5.74) is 1.91. The number of hydrogen-bond donors (Lipinski definition) is 2. The van der Waals surface area contributed by atoms with Crippen LogP contribution in [0.2, 0.25) is 0 Å². The van der Waals surface area contributed by atoms with Crippen molar-refractivity contribution in [1.82, 2.24) is 4.90 Å². The molecule has 1 aromatic rings. The van der Waals surface area contributed by atoms with Gasteiger partial charge in [-0.15, -0.1) is 0 Å². The van der Waals surface area contributed by atoms with Gasteiger partial charge in [0.2, 0.25) is 0 Å². The zero-order valence-corrected chi connectivity index (χ0v) is 15.5. The second-order valence-corrected chi connectivity index (χ2v) is 7.63. The van der Waals surface area contributed by atoms with Gasteiger partial charge in [-0.2, -0.15) is 0 Å². The van der Waals surface area contributed by atoms with Crippen LogP contribution in [0.1, 0.15) is 51.5 Å². The molecule has 1 heterocycles. The lowest BCUT2D eigenvalue weighted by atomic mass is 9.58. The molecule has 1 aliphatic carbocycles. The average molecular weight is 346 g/mol. The van der Waals surface area contributed by atoms with Crippen molar-refractivity contribution >= 4 is 11.7 Å². The summed E-state index contributed by atoms with van der Waals surface area (Å²) in [7, 11) is 0. The molecule has 1 saturated carbocycles. The van der Waals surface area contributed by atoms with Crippen molar-refractivity contribution in [2.45, 2.75) is 58.2 Å². The van der Waals surface area contributed by atoms with E-state index >= 15 is 0 Å². The summed E-state index contributed by atoms with van der Waals surface area (Å²) in [5.74, 6) is 0.433. The highest BCUT2D eigenvalue weighted by atomic mass is 16.5. The number of likely N-dealkylation sites (tertiary alicyclic amines) is 1. The molecule has 5 nitrogen and oxygen atoms in total. The minimum atomic E-state index is -0.294. The summed E-state index contributed by atoms with van der Waals surface area (Å²) in [6.07, 6.45) is 2.18. The smallest absolute Gasteiger partial charge is 0.321 e. The van der Waals surface area contributed by atoms with E-state index in [1.807, 2.05) is 30.0 Å². The predicted octanol–water partition coefficient (Wildman–Crippen LogP) is 3.59. The Morgan fingerprint density at radius 3 is 2.72 bits per heavy atom. The Kier molecular flexibility index (Phi) is 5.35. The Bertz CT molecular complexity index is 607. The third-order valence-electron chi connectivity index (χ3n) is 5.90. The molecule has 2 atom stereocenters. The predicted molar refractivity (Wildman–Crippen MR) is 98.8 cm³/mol. The number of benzene rings is 1. The lowest BCUT2D eigenvalue weighted by Gasteiger charge is -2.56. The van der Waals surface area contributed by atoms with Gasteiger partial charge < -0.3 is 20.1 Å². The molecule has 2 N–H and O–H groups in total. The fourth-order valence-electron chi connectivity index (χ4n) is 4.12. The number of amides is 2. The molecule has 0 bridgehead atoms. The number of urea groups is 1. The molecule has 3 rings (SSSR count). The first-order valence-electron chi connectivity index (χ1n) is 9.42. The molecule has 5 heteroatoms. The van der Waals surface area contributed by atoms with Crippen molar-refractivity contribution in [3.8, 4) is 0 Å². The van der Waals surface area contributed by atoms with Crippen molar-refractivity contribution in [3.05, 3.63) is 29.8 Å². The number of nitrogens with zero attached hydrogens (tertiary/aromatic N) is 1. The van der Waals surface area contributed by atoms with E-state index in [-0.39, 0.29) is 23.7 Å². The normalized spacial score (nSPS) is 25.1. The monoisotopic (exact) mass is 346 g/mol. The van der Waals surface area contributed by atoms with Gasteiger partial charge in [0.1, 0.15) is 0 Å². The van der Waals surface area contributed by atoms with E-state index in [1.54, 1.807) is 0 Å². The van der Waals surface area contributed by atoms with Crippen LogP contribution in [0, 0.1) is 5.41 Å². The average Bonchev–Trinajstić information content (AvgIpc) is 2.62. The maximum atomic E-state index is 12.6. The highest BCUT2D eigenvalue weighted by Crippen LogP contribution is 2.50. The van der Waals surface area contributed by atoms with E-state index in [1.165, 1.54) is 5.56 Å². The molecule has 0 aromatic heterocycles. The minimum Gasteiger partial charge on any atom is -0.392 e. The van der Waals surface area contributed by atoms with Gasteiger partial charge in [0, 0.05) is 37.2 Å². The molecule has 1 aromatic carbocycles. The molecule has 2 amide bonds. The Morgan fingerprint density at radius 1 is 1.40 bits per heavy atom. The number of aliphatic hydroxyl groups is 1. The summed E-state index contributed by atoms with van der Waals surface area (Å²) in [4.78, 5) is 14.4. The summed E-state index contributed by atoms with van der Waals surface area (Å²) in [6.45, 7) is 8.28. The maximum Gasteiger partial charge on any atom is 0.321 e. The highest BCUT2D eigenvalue weighted by Gasteiger charge is 2.56. The Labute approximate surface area is 150 Å². The molecule has 0 unspecified atom stereocenters. The van der Waals surface area contributed by atoms with Crippen LogP contribution in [-0.2, 0) is 4.74 Å². The SMILES string of the molecule is CCO[C@@H]1C[C@@H](O)C12CCN(C(=O)Nc1cccc(C(C)C)c1)CC2. The van der Waals surface area contributed by atoms with Gasteiger partial charge in [-0.25, -0.2) is 4.79 Å². The van der Waals surface area contributed by atoms with E-state index in [4.69, 9.17) is 4.74 Å². The van der Waals surface area contributed by atoms with Crippen molar-refractivity contribution in [3.63, 3.8) is 0 Å². The van der Waals surface area contributed by atoms with Gasteiger partial charge in [0.25, 0.3) is 0 Å². The van der Waals surface area contributed by atoms with Crippen LogP contribution in [0.4, 0.5) is 10.5 Å². The fraction of sp³-hybridized carbons (Fsp3) is 0.650. The number of piperidine rings is 1. The molecule has 1 saturated heterocycles. The molecule has 1 spiro atoms. The van der Waals surface area contributed by atoms with Crippen LogP contribution in [0.5, 0.6) is 0 Å². The third kappa shape index (κ3) is 3.53.